The van der Waals surface area contributed by atoms with Crippen LogP contribution in [0.2, 0.25) is 10.0 Å². The van der Waals surface area contributed by atoms with Crippen molar-refractivity contribution in [2.75, 3.05) is 13.2 Å². The number of imide groups is 1. The van der Waals surface area contributed by atoms with Crippen LogP contribution in [0.25, 0.3) is 6.08 Å². The molecule has 0 aromatic heterocycles. The number of amides is 2. The predicted molar refractivity (Wildman–Crippen MR) is 137 cm³/mol. The molecular formula is C26H21Cl2NO4S. The van der Waals surface area contributed by atoms with Gasteiger partial charge in [0.2, 0.25) is 0 Å². The predicted octanol–water partition coefficient (Wildman–Crippen LogP) is 7.00. The molecule has 174 valence electrons. The molecule has 0 spiro atoms. The number of nitrogens with zero attached hydrogens (tertiary/aromatic N) is 1. The van der Waals surface area contributed by atoms with E-state index in [2.05, 4.69) is 0 Å². The zero-order chi connectivity index (χ0) is 24.1. The Hall–Kier alpha value is -2.93. The zero-order valence-electron chi connectivity index (χ0n) is 18.3. The third kappa shape index (κ3) is 6.14. The van der Waals surface area contributed by atoms with Gasteiger partial charge in [0.05, 0.1) is 21.5 Å². The molecular weight excluding hydrogens is 493 g/mol. The van der Waals surface area contributed by atoms with E-state index in [4.69, 9.17) is 32.7 Å². The van der Waals surface area contributed by atoms with Gasteiger partial charge in [-0.15, -0.1) is 0 Å². The van der Waals surface area contributed by atoms with Crippen molar-refractivity contribution in [2.24, 2.45) is 0 Å². The van der Waals surface area contributed by atoms with Crippen LogP contribution in [-0.4, -0.2) is 29.2 Å². The van der Waals surface area contributed by atoms with Gasteiger partial charge >= 0.3 is 0 Å². The van der Waals surface area contributed by atoms with Crippen LogP contribution < -0.4 is 9.47 Å². The van der Waals surface area contributed by atoms with E-state index in [0.29, 0.717) is 33.1 Å². The molecule has 34 heavy (non-hydrogen) atoms. The van der Waals surface area contributed by atoms with Crippen LogP contribution in [0.15, 0.2) is 71.6 Å². The average molecular weight is 514 g/mol. The molecule has 1 saturated heterocycles. The second-order valence-electron chi connectivity index (χ2n) is 7.60. The van der Waals surface area contributed by atoms with E-state index < -0.39 is 0 Å². The highest BCUT2D eigenvalue weighted by Gasteiger charge is 2.34. The van der Waals surface area contributed by atoms with E-state index in [1.54, 1.807) is 18.2 Å². The summed E-state index contributed by atoms with van der Waals surface area (Å²) in [5, 5.41) is 0.678. The lowest BCUT2D eigenvalue weighted by Gasteiger charge is -2.13. The van der Waals surface area contributed by atoms with Gasteiger partial charge in [-0.2, -0.15) is 0 Å². The summed E-state index contributed by atoms with van der Waals surface area (Å²) in [6.07, 6.45) is 1.70. The van der Waals surface area contributed by atoms with Crippen molar-refractivity contribution in [2.45, 2.75) is 13.5 Å². The molecule has 0 unspecified atom stereocenters. The molecule has 0 N–H and O–H groups in total. The van der Waals surface area contributed by atoms with E-state index >= 15 is 0 Å². The van der Waals surface area contributed by atoms with Gasteiger partial charge in [-0.1, -0.05) is 53.5 Å². The lowest BCUT2D eigenvalue weighted by atomic mass is 10.2. The lowest BCUT2D eigenvalue weighted by Crippen LogP contribution is -2.32. The van der Waals surface area contributed by atoms with Crippen LogP contribution in [0.3, 0.4) is 0 Å². The molecule has 4 rings (SSSR count). The number of hydrogen-bond donors (Lipinski definition) is 0. The summed E-state index contributed by atoms with van der Waals surface area (Å²) in [4.78, 5) is 26.6. The summed E-state index contributed by atoms with van der Waals surface area (Å²) >= 11 is 12.9. The number of thioether (sulfide) groups is 1. The Bertz CT molecular complexity index is 1240. The average Bonchev–Trinajstić information content (AvgIpc) is 3.08. The minimum absolute atomic E-state index is 0.192. The van der Waals surface area contributed by atoms with Crippen LogP contribution >= 0.6 is 35.0 Å². The molecule has 1 aliphatic heterocycles. The van der Waals surface area contributed by atoms with E-state index in [-0.39, 0.29) is 24.3 Å². The number of carbonyl (C=O) groups excluding carboxylic acids is 2. The molecule has 3 aromatic carbocycles. The normalized spacial score (nSPS) is 14.7. The number of rotatable bonds is 8. The van der Waals surface area contributed by atoms with Gasteiger partial charge in [0, 0.05) is 0 Å². The SMILES string of the molecule is Cc1cccc(OCCN2C(=O)S/C(=C\c3ccc(OCc4ccc(Cl)c(Cl)c4)cc3)C2=O)c1. The van der Waals surface area contributed by atoms with Gasteiger partial charge in [-0.05, 0) is 77.9 Å². The van der Waals surface area contributed by atoms with Gasteiger partial charge in [0.1, 0.15) is 24.7 Å². The number of ether oxygens (including phenoxy) is 2. The topological polar surface area (TPSA) is 55.8 Å². The smallest absolute Gasteiger partial charge is 0.293 e. The van der Waals surface area contributed by atoms with Crippen molar-refractivity contribution in [1.29, 1.82) is 0 Å². The molecule has 1 heterocycles. The largest absolute Gasteiger partial charge is 0.492 e. The molecule has 0 bridgehead atoms. The molecule has 1 fully saturated rings. The van der Waals surface area contributed by atoms with Crippen molar-refractivity contribution in [3.8, 4) is 11.5 Å². The highest BCUT2D eigenvalue weighted by molar-refractivity contribution is 8.18. The third-order valence-corrected chi connectivity index (χ3v) is 6.66. The maximum absolute atomic E-state index is 12.7. The fourth-order valence-electron chi connectivity index (χ4n) is 3.26. The second kappa shape index (κ2) is 11.0. The van der Waals surface area contributed by atoms with Crippen LogP contribution in [0.4, 0.5) is 4.79 Å². The molecule has 8 heteroatoms. The first-order valence-corrected chi connectivity index (χ1v) is 12.1. The van der Waals surface area contributed by atoms with Crippen LogP contribution in [-0.2, 0) is 11.4 Å². The molecule has 0 saturated carbocycles. The number of halogens is 2. The van der Waals surface area contributed by atoms with Crippen molar-refractivity contribution in [3.63, 3.8) is 0 Å². The first-order valence-electron chi connectivity index (χ1n) is 10.5. The fourth-order valence-corrected chi connectivity index (χ4v) is 4.45. The van der Waals surface area contributed by atoms with E-state index in [0.717, 1.165) is 28.5 Å². The van der Waals surface area contributed by atoms with Crippen molar-refractivity contribution in [1.82, 2.24) is 4.90 Å². The van der Waals surface area contributed by atoms with Gasteiger partial charge < -0.3 is 9.47 Å². The highest BCUT2D eigenvalue weighted by atomic mass is 35.5. The number of benzene rings is 3. The first-order chi connectivity index (χ1) is 16.4. The summed E-state index contributed by atoms with van der Waals surface area (Å²) in [5.41, 5.74) is 2.78. The summed E-state index contributed by atoms with van der Waals surface area (Å²) in [6, 6.07) is 20.3. The maximum atomic E-state index is 12.7. The van der Waals surface area contributed by atoms with Gasteiger partial charge in [0.15, 0.2) is 0 Å². The number of hydrogen-bond acceptors (Lipinski definition) is 5. The van der Waals surface area contributed by atoms with Gasteiger partial charge in [0.25, 0.3) is 11.1 Å². The number of carbonyl (C=O) groups is 2. The zero-order valence-corrected chi connectivity index (χ0v) is 20.6. The van der Waals surface area contributed by atoms with Crippen LogP contribution in [0.5, 0.6) is 11.5 Å². The molecule has 3 aromatic rings. The summed E-state index contributed by atoms with van der Waals surface area (Å²) in [7, 11) is 0. The Balaban J connectivity index is 1.32. The second-order valence-corrected chi connectivity index (χ2v) is 9.41. The molecule has 5 nitrogen and oxygen atoms in total. The van der Waals surface area contributed by atoms with E-state index in [1.807, 2.05) is 61.5 Å². The molecule has 0 aliphatic carbocycles. The molecule has 0 radical (unpaired) electrons. The van der Waals surface area contributed by atoms with Crippen molar-refractivity contribution in [3.05, 3.63) is 98.4 Å². The summed E-state index contributed by atoms with van der Waals surface area (Å²) < 4.78 is 11.5. The third-order valence-electron chi connectivity index (χ3n) is 5.01. The molecule has 2 amide bonds. The fraction of sp³-hybridized carbons (Fsp3) is 0.154. The van der Waals surface area contributed by atoms with Gasteiger partial charge in [-0.25, -0.2) is 0 Å². The maximum Gasteiger partial charge on any atom is 0.293 e. The Labute approximate surface area is 212 Å². The summed E-state index contributed by atoms with van der Waals surface area (Å²) in [6.45, 7) is 2.75. The minimum atomic E-state index is -0.317. The van der Waals surface area contributed by atoms with Crippen molar-refractivity contribution < 1.29 is 19.1 Å². The first kappa shape index (κ1) is 24.2. The highest BCUT2D eigenvalue weighted by Crippen LogP contribution is 2.32. The monoisotopic (exact) mass is 513 g/mol. The number of aryl methyl sites for hydroxylation is 1. The lowest BCUT2D eigenvalue weighted by molar-refractivity contribution is -0.123. The summed E-state index contributed by atoms with van der Waals surface area (Å²) in [5.74, 6) is 1.07. The van der Waals surface area contributed by atoms with Gasteiger partial charge in [-0.3, -0.25) is 14.5 Å². The van der Waals surface area contributed by atoms with Crippen LogP contribution in [0.1, 0.15) is 16.7 Å². The van der Waals surface area contributed by atoms with Crippen LogP contribution in [0, 0.1) is 6.92 Å². The van der Waals surface area contributed by atoms with E-state index in [9.17, 15) is 9.59 Å². The Morgan fingerprint density at radius 2 is 1.71 bits per heavy atom. The van der Waals surface area contributed by atoms with Crippen molar-refractivity contribution >= 4 is 52.2 Å². The molecule has 0 atom stereocenters. The minimum Gasteiger partial charge on any atom is -0.492 e. The van der Waals surface area contributed by atoms with E-state index in [1.165, 1.54) is 4.90 Å². The Kier molecular flexibility index (Phi) is 7.83. The molecule has 1 aliphatic rings. The Morgan fingerprint density at radius 3 is 2.44 bits per heavy atom. The Morgan fingerprint density at radius 1 is 0.912 bits per heavy atom. The standard InChI is InChI=1S/C26H21Cl2NO4S/c1-17-3-2-4-21(13-17)32-12-11-29-25(30)24(34-26(29)31)15-18-5-8-20(9-6-18)33-16-19-7-10-22(27)23(28)14-19/h2-10,13-15H,11-12,16H2,1H3/b24-15-. The quantitative estimate of drug-likeness (QED) is 0.303.